The number of nitrogens with zero attached hydrogens (tertiary/aromatic N) is 1. The second kappa shape index (κ2) is 4.66. The topological polar surface area (TPSA) is 38.7 Å². The van der Waals surface area contributed by atoms with Crippen LogP contribution in [-0.2, 0) is 3.93 Å². The molecule has 1 aromatic carbocycles. The van der Waals surface area contributed by atoms with Gasteiger partial charge in [0.25, 0.3) is 0 Å². The molecule has 12 heavy (non-hydrogen) atoms. The predicted molar refractivity (Wildman–Crippen MR) is 49.3 cm³/mol. The minimum Gasteiger partial charge on any atom is -0.315 e. The van der Waals surface area contributed by atoms with Gasteiger partial charge in [-0.05, 0) is 0 Å². The normalized spacial score (nSPS) is 10.1. The number of hydrogen-bond acceptors (Lipinski definition) is 3. The molecule has 0 bridgehead atoms. The lowest BCUT2D eigenvalue weighted by Gasteiger charge is -1.91. The monoisotopic (exact) mass is 227 g/mol. The van der Waals surface area contributed by atoms with Crippen LogP contribution in [0.2, 0.25) is 0 Å². The average molecular weight is 228 g/mol. The molecule has 0 aliphatic heterocycles. The zero-order valence-corrected chi connectivity index (χ0v) is 7.69. The molecule has 0 atom stereocenters. The molecule has 0 aliphatic rings. The Morgan fingerprint density at radius 1 is 1.42 bits per heavy atom. The minimum atomic E-state index is -0.185. The van der Waals surface area contributed by atoms with Crippen LogP contribution in [0.3, 0.4) is 0 Å². The highest BCUT2D eigenvalue weighted by Gasteiger charge is 1.99. The van der Waals surface area contributed by atoms with E-state index in [1.807, 2.05) is 6.07 Å². The van der Waals surface area contributed by atoms with Gasteiger partial charge in [0.2, 0.25) is 22.0 Å². The highest BCUT2D eigenvalue weighted by atomic mass is 79.9. The van der Waals surface area contributed by atoms with Gasteiger partial charge in [0.05, 0.1) is 0 Å². The Labute approximate surface area is 78.5 Å². The summed E-state index contributed by atoms with van der Waals surface area (Å²) in [5, 5.41) is 3.29. The Morgan fingerprint density at radius 3 is 2.67 bits per heavy atom. The summed E-state index contributed by atoms with van der Waals surface area (Å²) >= 11 is 2.60. The third-order valence-electron chi connectivity index (χ3n) is 1.27. The van der Waals surface area contributed by atoms with Crippen LogP contribution in [-0.4, -0.2) is 12.0 Å². The fraction of sp³-hybridized carbons (Fsp3) is 0. The molecule has 0 aromatic heterocycles. The Morgan fingerprint density at radius 2 is 2.08 bits per heavy atom. The molecule has 0 saturated carbocycles. The Balaban J connectivity index is 2.72. The molecule has 0 unspecified atom stereocenters. The second-order valence-corrected chi connectivity index (χ2v) is 2.32. The van der Waals surface area contributed by atoms with Crippen LogP contribution < -0.4 is 0 Å². The zero-order chi connectivity index (χ0) is 8.81. The van der Waals surface area contributed by atoms with Gasteiger partial charge in [-0.2, -0.15) is 0 Å². The lowest BCUT2D eigenvalue weighted by atomic mass is 10.1. The first-order valence-electron chi connectivity index (χ1n) is 3.25. The maximum absolute atomic E-state index is 11.2. The summed E-state index contributed by atoms with van der Waals surface area (Å²) < 4.78 is 4.20. The van der Waals surface area contributed by atoms with Crippen LogP contribution in [0.5, 0.6) is 0 Å². The van der Waals surface area contributed by atoms with Gasteiger partial charge in [0.1, 0.15) is 6.21 Å². The summed E-state index contributed by atoms with van der Waals surface area (Å²) in [7, 11) is 0. The highest BCUT2D eigenvalue weighted by Crippen LogP contribution is 1.98. The van der Waals surface area contributed by atoms with E-state index >= 15 is 0 Å². The Bertz CT molecular complexity index is 284. The van der Waals surface area contributed by atoms with E-state index in [1.54, 1.807) is 24.3 Å². The number of oxime groups is 1. The quantitative estimate of drug-likeness (QED) is 0.451. The average Bonchev–Trinajstić information content (AvgIpc) is 2.15. The van der Waals surface area contributed by atoms with Gasteiger partial charge < -0.3 is 3.93 Å². The van der Waals surface area contributed by atoms with Gasteiger partial charge in [-0.1, -0.05) is 35.5 Å². The smallest absolute Gasteiger partial charge is 0.215 e. The van der Waals surface area contributed by atoms with Crippen molar-refractivity contribution < 1.29 is 8.72 Å². The molecule has 1 aromatic rings. The van der Waals surface area contributed by atoms with Gasteiger partial charge in [-0.25, -0.2) is 0 Å². The number of rotatable bonds is 3. The third-order valence-corrected chi connectivity index (χ3v) is 1.44. The summed E-state index contributed by atoms with van der Waals surface area (Å²) in [5.74, 6) is -0.185. The van der Waals surface area contributed by atoms with E-state index in [4.69, 9.17) is 0 Å². The summed E-state index contributed by atoms with van der Waals surface area (Å²) in [6.45, 7) is 0. The zero-order valence-electron chi connectivity index (χ0n) is 6.11. The standard InChI is InChI=1S/C8H6BrNO2/c9-12-10-6-8(11)7-4-2-1-3-5-7/h1-6H. The molecular weight excluding hydrogens is 222 g/mol. The molecule has 1 rings (SSSR count). The lowest BCUT2D eigenvalue weighted by Crippen LogP contribution is -1.99. The fourth-order valence-electron chi connectivity index (χ4n) is 0.745. The molecule has 62 valence electrons. The van der Waals surface area contributed by atoms with E-state index in [9.17, 15) is 4.79 Å². The lowest BCUT2D eigenvalue weighted by molar-refractivity contribution is 0.106. The van der Waals surface area contributed by atoms with Crippen LogP contribution in [0.4, 0.5) is 0 Å². The summed E-state index contributed by atoms with van der Waals surface area (Å²) in [6, 6.07) is 8.84. The van der Waals surface area contributed by atoms with Crippen LogP contribution in [0.1, 0.15) is 10.4 Å². The molecule has 4 heteroatoms. The van der Waals surface area contributed by atoms with Crippen LogP contribution in [0.15, 0.2) is 35.5 Å². The number of benzene rings is 1. The number of Topliss-reactive ketones (excluding diaryl/α,β-unsaturated/α-hetero) is 1. The first-order valence-corrected chi connectivity index (χ1v) is 3.90. The van der Waals surface area contributed by atoms with E-state index < -0.39 is 0 Å². The van der Waals surface area contributed by atoms with E-state index in [0.717, 1.165) is 6.21 Å². The molecule has 0 amide bonds. The number of carbonyl (C=O) groups excluding carboxylic acids is 1. The van der Waals surface area contributed by atoms with Crippen LogP contribution in [0.25, 0.3) is 0 Å². The molecule has 0 heterocycles. The number of ketones is 1. The SMILES string of the molecule is O=C(C=NOBr)c1ccccc1. The molecule has 0 aliphatic carbocycles. The van der Waals surface area contributed by atoms with Crippen molar-refractivity contribution in [2.75, 3.05) is 0 Å². The van der Waals surface area contributed by atoms with Crippen molar-refractivity contribution in [3.63, 3.8) is 0 Å². The summed E-state index contributed by atoms with van der Waals surface area (Å²) in [4.78, 5) is 11.2. The van der Waals surface area contributed by atoms with Gasteiger partial charge in [-0.15, -0.1) is 0 Å². The van der Waals surface area contributed by atoms with Crippen molar-refractivity contribution in [3.8, 4) is 0 Å². The first kappa shape index (κ1) is 8.93. The van der Waals surface area contributed by atoms with E-state index in [1.165, 1.54) is 0 Å². The third kappa shape index (κ3) is 2.47. The van der Waals surface area contributed by atoms with Crippen molar-refractivity contribution in [2.24, 2.45) is 5.16 Å². The number of halogens is 1. The molecular formula is C8H6BrNO2. The van der Waals surface area contributed by atoms with Gasteiger partial charge >= 0.3 is 0 Å². The maximum atomic E-state index is 11.2. The molecule has 0 saturated heterocycles. The van der Waals surface area contributed by atoms with Crippen LogP contribution in [0, 0.1) is 0 Å². The molecule has 3 nitrogen and oxygen atoms in total. The second-order valence-electron chi connectivity index (χ2n) is 2.03. The summed E-state index contributed by atoms with van der Waals surface area (Å²) in [5.41, 5.74) is 0.589. The molecule has 0 fully saturated rings. The molecule has 0 N–H and O–H groups in total. The van der Waals surface area contributed by atoms with Crippen molar-refractivity contribution >= 4 is 28.3 Å². The predicted octanol–water partition coefficient (Wildman–Crippen LogP) is 2.18. The van der Waals surface area contributed by atoms with Crippen LogP contribution >= 0.6 is 16.3 Å². The number of hydrogen-bond donors (Lipinski definition) is 0. The number of carbonyl (C=O) groups is 1. The fourth-order valence-corrected chi connectivity index (χ4v) is 0.828. The molecule has 0 radical (unpaired) electrons. The maximum Gasteiger partial charge on any atom is 0.215 e. The van der Waals surface area contributed by atoms with Crippen molar-refractivity contribution in [1.82, 2.24) is 0 Å². The molecule has 0 spiro atoms. The van der Waals surface area contributed by atoms with Gasteiger partial charge in [0, 0.05) is 5.56 Å². The van der Waals surface area contributed by atoms with Crippen molar-refractivity contribution in [1.29, 1.82) is 0 Å². The largest absolute Gasteiger partial charge is 0.315 e. The van der Waals surface area contributed by atoms with E-state index in [0.29, 0.717) is 5.56 Å². The Kier molecular flexibility index (Phi) is 3.47. The van der Waals surface area contributed by atoms with Gasteiger partial charge in [-0.3, -0.25) is 4.79 Å². The summed E-state index contributed by atoms with van der Waals surface area (Å²) in [6.07, 6.45) is 1.10. The van der Waals surface area contributed by atoms with Gasteiger partial charge in [0.15, 0.2) is 0 Å². The highest BCUT2D eigenvalue weighted by molar-refractivity contribution is 9.05. The first-order chi connectivity index (χ1) is 5.84. The van der Waals surface area contributed by atoms with E-state index in [-0.39, 0.29) is 5.78 Å². The van der Waals surface area contributed by atoms with E-state index in [2.05, 4.69) is 25.3 Å². The van der Waals surface area contributed by atoms with Crippen molar-refractivity contribution in [2.45, 2.75) is 0 Å². The van der Waals surface area contributed by atoms with Crippen molar-refractivity contribution in [3.05, 3.63) is 35.9 Å². The Hall–Kier alpha value is -1.16. The minimum absolute atomic E-state index is 0.185.